The van der Waals surface area contributed by atoms with E-state index in [9.17, 15) is 14.7 Å². The van der Waals surface area contributed by atoms with Gasteiger partial charge in [-0.3, -0.25) is 9.59 Å². The summed E-state index contributed by atoms with van der Waals surface area (Å²) in [5.41, 5.74) is 0.636. The molecule has 2 aliphatic rings. The average Bonchev–Trinajstić information content (AvgIpc) is 3.13. The molecule has 4 nitrogen and oxygen atoms in total. The van der Waals surface area contributed by atoms with Crippen LogP contribution in [0.15, 0.2) is 30.3 Å². The number of amides is 1. The van der Waals surface area contributed by atoms with E-state index in [1.54, 1.807) is 0 Å². The molecular weight excluding hydrogens is 302 g/mol. The third kappa shape index (κ3) is 3.19. The lowest BCUT2D eigenvalue weighted by Crippen LogP contribution is -2.38. The van der Waals surface area contributed by atoms with Gasteiger partial charge in [0.25, 0.3) is 0 Å². The summed E-state index contributed by atoms with van der Waals surface area (Å²) in [6.07, 6.45) is 5.47. The topological polar surface area (TPSA) is 57.6 Å². The fourth-order valence-electron chi connectivity index (χ4n) is 4.50. The van der Waals surface area contributed by atoms with E-state index in [1.165, 1.54) is 5.56 Å². The van der Waals surface area contributed by atoms with E-state index < -0.39 is 11.4 Å². The van der Waals surface area contributed by atoms with Gasteiger partial charge >= 0.3 is 5.97 Å². The highest BCUT2D eigenvalue weighted by Gasteiger charge is 2.55. The van der Waals surface area contributed by atoms with Gasteiger partial charge in [-0.1, -0.05) is 43.7 Å². The number of likely N-dealkylation sites (tertiary alicyclic amines) is 1. The Morgan fingerprint density at radius 1 is 1.33 bits per heavy atom. The lowest BCUT2D eigenvalue weighted by Gasteiger charge is -2.25. The fourth-order valence-corrected chi connectivity index (χ4v) is 4.50. The Morgan fingerprint density at radius 3 is 2.75 bits per heavy atom. The number of fused-ring (bicyclic) bond motifs is 1. The molecule has 1 N–H and O–H groups in total. The molecule has 0 bridgehead atoms. The van der Waals surface area contributed by atoms with Crippen LogP contribution >= 0.6 is 0 Å². The largest absolute Gasteiger partial charge is 0.481 e. The number of carbonyl (C=O) groups excluding carboxylic acids is 1. The number of benzene rings is 1. The molecular formula is C20H27NO3. The quantitative estimate of drug-likeness (QED) is 0.870. The maximum atomic E-state index is 12.7. The third-order valence-electron chi connectivity index (χ3n) is 5.98. The highest BCUT2D eigenvalue weighted by molar-refractivity contribution is 5.82. The lowest BCUT2D eigenvalue weighted by atomic mass is 9.81. The number of aryl methyl sites for hydroxylation is 1. The maximum absolute atomic E-state index is 12.7. The van der Waals surface area contributed by atoms with Crippen molar-refractivity contribution in [1.29, 1.82) is 0 Å². The maximum Gasteiger partial charge on any atom is 0.311 e. The van der Waals surface area contributed by atoms with Crippen molar-refractivity contribution in [1.82, 2.24) is 4.90 Å². The van der Waals surface area contributed by atoms with E-state index in [1.807, 2.05) is 30.0 Å². The number of rotatable bonds is 6. The van der Waals surface area contributed by atoms with Gasteiger partial charge in [0.15, 0.2) is 0 Å². The first-order valence-corrected chi connectivity index (χ1v) is 9.09. The second kappa shape index (κ2) is 6.96. The van der Waals surface area contributed by atoms with Crippen LogP contribution in [0.3, 0.4) is 0 Å². The number of aliphatic carboxylic acids is 1. The minimum absolute atomic E-state index is 0.0293. The van der Waals surface area contributed by atoms with Gasteiger partial charge in [0.2, 0.25) is 5.91 Å². The first-order chi connectivity index (χ1) is 11.5. The Balaban J connectivity index is 1.52. The van der Waals surface area contributed by atoms with Crippen molar-refractivity contribution >= 4 is 11.9 Å². The molecule has 1 aromatic rings. The second-order valence-electron chi connectivity index (χ2n) is 7.55. The number of carbonyl (C=O) groups is 2. The highest BCUT2D eigenvalue weighted by atomic mass is 16.4. The summed E-state index contributed by atoms with van der Waals surface area (Å²) < 4.78 is 0. The van der Waals surface area contributed by atoms with Crippen LogP contribution in [-0.2, 0) is 16.0 Å². The molecule has 1 saturated heterocycles. The van der Waals surface area contributed by atoms with Crippen molar-refractivity contribution in [3.05, 3.63) is 35.9 Å². The van der Waals surface area contributed by atoms with Gasteiger partial charge in [0.1, 0.15) is 0 Å². The zero-order chi connectivity index (χ0) is 17.2. The van der Waals surface area contributed by atoms with Crippen molar-refractivity contribution < 1.29 is 14.7 Å². The number of carboxylic acid groups (broad SMARTS) is 1. The number of hydrogen-bond donors (Lipinski definition) is 1. The van der Waals surface area contributed by atoms with Gasteiger partial charge in [-0.2, -0.15) is 0 Å². The number of carboxylic acids is 1. The summed E-state index contributed by atoms with van der Waals surface area (Å²) in [4.78, 5) is 26.3. The molecule has 3 rings (SSSR count). The van der Waals surface area contributed by atoms with Crippen LogP contribution in [0.1, 0.15) is 44.6 Å². The molecule has 130 valence electrons. The van der Waals surface area contributed by atoms with Crippen LogP contribution < -0.4 is 0 Å². The van der Waals surface area contributed by atoms with Crippen molar-refractivity contribution in [3.63, 3.8) is 0 Å². The summed E-state index contributed by atoms with van der Waals surface area (Å²) in [6, 6.07) is 10.3. The first kappa shape index (κ1) is 17.0. The molecule has 0 radical (unpaired) electrons. The molecule has 2 fully saturated rings. The van der Waals surface area contributed by atoms with Crippen molar-refractivity contribution in [2.24, 2.45) is 17.3 Å². The molecule has 4 heteroatoms. The summed E-state index contributed by atoms with van der Waals surface area (Å²) in [5.74, 6) is -0.455. The first-order valence-electron chi connectivity index (χ1n) is 9.09. The Kier molecular flexibility index (Phi) is 4.93. The molecule has 0 aromatic heterocycles. The Hall–Kier alpha value is -1.84. The van der Waals surface area contributed by atoms with Gasteiger partial charge in [-0.05, 0) is 43.6 Å². The van der Waals surface area contributed by atoms with Crippen LogP contribution in [-0.4, -0.2) is 35.0 Å². The molecule has 3 atom stereocenters. The molecule has 1 saturated carbocycles. The second-order valence-corrected chi connectivity index (χ2v) is 7.55. The molecule has 1 aromatic carbocycles. The van der Waals surface area contributed by atoms with Gasteiger partial charge < -0.3 is 10.0 Å². The molecule has 1 aliphatic carbocycles. The minimum atomic E-state index is -0.711. The zero-order valence-corrected chi connectivity index (χ0v) is 14.4. The van der Waals surface area contributed by atoms with Crippen LogP contribution in [0.4, 0.5) is 0 Å². The lowest BCUT2D eigenvalue weighted by molar-refractivity contribution is -0.149. The summed E-state index contributed by atoms with van der Waals surface area (Å²) in [5, 5.41) is 9.64. The predicted molar refractivity (Wildman–Crippen MR) is 92.5 cm³/mol. The monoisotopic (exact) mass is 329 g/mol. The van der Waals surface area contributed by atoms with Gasteiger partial charge in [0.05, 0.1) is 5.41 Å². The van der Waals surface area contributed by atoms with Crippen LogP contribution in [0.2, 0.25) is 0 Å². The van der Waals surface area contributed by atoms with E-state index in [0.29, 0.717) is 13.1 Å². The van der Waals surface area contributed by atoms with Crippen molar-refractivity contribution in [2.45, 2.75) is 45.4 Å². The Morgan fingerprint density at radius 2 is 2.08 bits per heavy atom. The van der Waals surface area contributed by atoms with Crippen molar-refractivity contribution in [2.75, 3.05) is 13.1 Å². The predicted octanol–water partition coefficient (Wildman–Crippen LogP) is 3.36. The average molecular weight is 329 g/mol. The van der Waals surface area contributed by atoms with Gasteiger partial charge in [-0.15, -0.1) is 0 Å². The number of hydrogen-bond acceptors (Lipinski definition) is 2. The van der Waals surface area contributed by atoms with Crippen LogP contribution in [0, 0.1) is 17.3 Å². The molecule has 24 heavy (non-hydrogen) atoms. The van der Waals surface area contributed by atoms with E-state index in [-0.39, 0.29) is 17.7 Å². The van der Waals surface area contributed by atoms with E-state index in [0.717, 1.165) is 38.5 Å². The molecule has 1 aliphatic heterocycles. The Bertz CT molecular complexity index is 600. The van der Waals surface area contributed by atoms with E-state index in [2.05, 4.69) is 12.1 Å². The number of nitrogens with zero attached hydrogens (tertiary/aromatic N) is 1. The van der Waals surface area contributed by atoms with Crippen LogP contribution in [0.5, 0.6) is 0 Å². The van der Waals surface area contributed by atoms with Gasteiger partial charge in [-0.25, -0.2) is 0 Å². The fraction of sp³-hybridized carbons (Fsp3) is 0.600. The SMILES string of the molecule is CC(CCCc1ccccc1)C(=O)N1C[C@@H]2CCC[C@@]2(C(=O)O)C1. The van der Waals surface area contributed by atoms with E-state index >= 15 is 0 Å². The summed E-state index contributed by atoms with van der Waals surface area (Å²) in [7, 11) is 0. The van der Waals surface area contributed by atoms with Crippen molar-refractivity contribution in [3.8, 4) is 0 Å². The summed E-state index contributed by atoms with van der Waals surface area (Å²) in [6.45, 7) is 3.03. The highest BCUT2D eigenvalue weighted by Crippen LogP contribution is 2.49. The standard InChI is InChI=1S/C20H27NO3/c1-15(7-5-10-16-8-3-2-4-9-16)18(22)21-13-17-11-6-12-20(17,14-21)19(23)24/h2-4,8-9,15,17H,5-7,10-14H2,1H3,(H,23,24)/t15?,17-,20+/m0/s1. The summed E-state index contributed by atoms with van der Waals surface area (Å²) >= 11 is 0. The molecule has 1 heterocycles. The van der Waals surface area contributed by atoms with Gasteiger partial charge in [0, 0.05) is 19.0 Å². The zero-order valence-electron chi connectivity index (χ0n) is 14.4. The smallest absolute Gasteiger partial charge is 0.311 e. The molecule has 0 spiro atoms. The minimum Gasteiger partial charge on any atom is -0.481 e. The normalized spacial score (nSPS) is 27.0. The Labute approximate surface area is 143 Å². The van der Waals surface area contributed by atoms with Crippen LogP contribution in [0.25, 0.3) is 0 Å². The molecule has 1 unspecified atom stereocenters. The third-order valence-corrected chi connectivity index (χ3v) is 5.98. The molecule has 1 amide bonds. The van der Waals surface area contributed by atoms with E-state index in [4.69, 9.17) is 0 Å².